The number of hydrogen-bond donors (Lipinski definition) is 2. The normalized spacial score (nSPS) is 18.0. The highest BCUT2D eigenvalue weighted by Gasteiger charge is 2.42. The molecule has 4 aromatic carbocycles. The van der Waals surface area contributed by atoms with Crippen LogP contribution in [-0.4, -0.2) is 96.7 Å². The van der Waals surface area contributed by atoms with Crippen molar-refractivity contribution in [2.24, 2.45) is 0 Å². The molecule has 1 aliphatic rings. The molecule has 4 atom stereocenters. The number of rotatable bonds is 16. The maximum absolute atomic E-state index is 13.4. The number of piperidine rings is 1. The van der Waals surface area contributed by atoms with Crippen LogP contribution < -0.4 is 14.2 Å². The Hall–Kier alpha value is -4.95. The van der Waals surface area contributed by atoms with Gasteiger partial charge < -0.3 is 43.5 Å². The highest BCUT2D eigenvalue weighted by molar-refractivity contribution is 5.89. The number of aliphatic hydroxyl groups is 2. The van der Waals surface area contributed by atoms with E-state index >= 15 is 0 Å². The van der Waals surface area contributed by atoms with Gasteiger partial charge >= 0.3 is 11.8 Å². The van der Waals surface area contributed by atoms with Gasteiger partial charge in [-0.2, -0.15) is 0 Å². The third-order valence-corrected chi connectivity index (χ3v) is 8.68. The van der Waals surface area contributed by atoms with Crippen LogP contribution >= 0.6 is 0 Å². The molecule has 0 bridgehead atoms. The minimum atomic E-state index is -1.11. The zero-order chi connectivity index (χ0) is 38.0. The number of methoxy groups -OCH3 is 1. The molecule has 0 radical (unpaired) electrons. The predicted octanol–water partition coefficient (Wildman–Crippen LogP) is 6.26. The monoisotopic (exact) mass is 732 g/mol. The fourth-order valence-electron chi connectivity index (χ4n) is 6.22. The number of likely N-dealkylation sites (tertiary alicyclic amines) is 1. The topological polar surface area (TPSA) is 159 Å². The van der Waals surface area contributed by atoms with E-state index in [1.165, 1.54) is 6.07 Å². The number of para-hydroxylation sites is 2. The second kappa shape index (κ2) is 18.2. The number of nitro benzene ring substituents is 1. The van der Waals surface area contributed by atoms with Gasteiger partial charge in [0.1, 0.15) is 23.2 Å². The van der Waals surface area contributed by atoms with Gasteiger partial charge in [-0.25, -0.2) is 4.79 Å². The molecule has 53 heavy (non-hydrogen) atoms. The average molecular weight is 733 g/mol. The number of amides is 1. The lowest BCUT2D eigenvalue weighted by molar-refractivity contribution is -0.385. The first-order valence-electron chi connectivity index (χ1n) is 17.6. The molecule has 5 rings (SSSR count). The minimum absolute atomic E-state index is 0.0895. The number of aliphatic hydroxyl groups excluding tert-OH is 2. The van der Waals surface area contributed by atoms with Crippen LogP contribution in [0.1, 0.15) is 44.2 Å². The third kappa shape index (κ3) is 10.8. The summed E-state index contributed by atoms with van der Waals surface area (Å²) in [5.41, 5.74) is 0.937. The molecular formula is C40H48N2O11. The van der Waals surface area contributed by atoms with Gasteiger partial charge in [0.05, 0.1) is 70.4 Å². The number of carbonyl (C=O) groups is 1. The lowest BCUT2D eigenvalue weighted by Crippen LogP contribution is -2.55. The van der Waals surface area contributed by atoms with Gasteiger partial charge in [0, 0.05) is 23.8 Å². The Morgan fingerprint density at radius 2 is 1.60 bits per heavy atom. The minimum Gasteiger partial charge on any atom is -0.496 e. The Kier molecular flexibility index (Phi) is 13.5. The Morgan fingerprint density at radius 3 is 2.30 bits per heavy atom. The van der Waals surface area contributed by atoms with Crippen molar-refractivity contribution in [1.82, 2.24) is 4.90 Å². The lowest BCUT2D eigenvalue weighted by atomic mass is 9.84. The Morgan fingerprint density at radius 1 is 0.925 bits per heavy atom. The molecule has 0 aromatic heterocycles. The highest BCUT2D eigenvalue weighted by Crippen LogP contribution is 2.36. The van der Waals surface area contributed by atoms with Gasteiger partial charge in [0.15, 0.2) is 5.75 Å². The third-order valence-electron chi connectivity index (χ3n) is 8.68. The molecule has 0 aliphatic carbocycles. The molecular weight excluding hydrogens is 684 g/mol. The van der Waals surface area contributed by atoms with E-state index in [4.69, 9.17) is 28.4 Å². The summed E-state index contributed by atoms with van der Waals surface area (Å²) < 4.78 is 35.9. The van der Waals surface area contributed by atoms with E-state index in [0.717, 1.165) is 27.6 Å². The van der Waals surface area contributed by atoms with Crippen molar-refractivity contribution in [2.45, 2.75) is 63.6 Å². The summed E-state index contributed by atoms with van der Waals surface area (Å²) >= 11 is 0. The first-order chi connectivity index (χ1) is 25.5. The van der Waals surface area contributed by atoms with Gasteiger partial charge in [0.25, 0.3) is 0 Å². The van der Waals surface area contributed by atoms with Crippen molar-refractivity contribution in [1.29, 1.82) is 0 Å². The van der Waals surface area contributed by atoms with E-state index < -0.39 is 41.5 Å². The number of carbonyl (C=O) groups excluding carboxylic acids is 1. The molecule has 13 nitrogen and oxygen atoms in total. The summed E-state index contributed by atoms with van der Waals surface area (Å²) in [6.45, 7) is 5.93. The summed E-state index contributed by atoms with van der Waals surface area (Å²) in [5.74, 6) is 1.16. The molecule has 0 unspecified atom stereocenters. The summed E-state index contributed by atoms with van der Waals surface area (Å²) in [5, 5.41) is 33.0. The summed E-state index contributed by atoms with van der Waals surface area (Å²) in [7, 11) is 1.63. The lowest BCUT2D eigenvalue weighted by Gasteiger charge is -2.44. The van der Waals surface area contributed by atoms with Crippen molar-refractivity contribution < 1.29 is 48.4 Å². The maximum atomic E-state index is 13.4. The number of hydrogen-bond acceptors (Lipinski definition) is 11. The van der Waals surface area contributed by atoms with Gasteiger partial charge in [-0.15, -0.1) is 0 Å². The quantitative estimate of drug-likeness (QED) is 0.0761. The number of benzene rings is 4. The fourth-order valence-corrected chi connectivity index (χ4v) is 6.22. The van der Waals surface area contributed by atoms with Crippen LogP contribution in [0.3, 0.4) is 0 Å². The molecule has 1 amide bonds. The van der Waals surface area contributed by atoms with Crippen molar-refractivity contribution >= 4 is 22.6 Å². The largest absolute Gasteiger partial charge is 0.496 e. The molecule has 4 aromatic rings. The number of fused-ring (bicyclic) bond motifs is 1. The zero-order valence-electron chi connectivity index (χ0n) is 30.5. The molecule has 13 heteroatoms. The predicted molar refractivity (Wildman–Crippen MR) is 198 cm³/mol. The van der Waals surface area contributed by atoms with Crippen LogP contribution in [0.5, 0.6) is 17.2 Å². The SMILES string of the molecule is COc1cc(CO[C@H]2CN(C(=O)OC(C)(C)C)C[C@@H](OC[C@H](O)CO)[C@@H]2c2ccc(OCCCOc3ccccc3[N+](=O)[O-])cc2)cc2ccccc12. The Labute approximate surface area is 309 Å². The average Bonchev–Trinajstić information content (AvgIpc) is 3.15. The van der Waals surface area contributed by atoms with Crippen molar-refractivity contribution in [3.63, 3.8) is 0 Å². The van der Waals surface area contributed by atoms with Crippen LogP contribution in [0.4, 0.5) is 10.5 Å². The van der Waals surface area contributed by atoms with Gasteiger partial charge in [0.2, 0.25) is 0 Å². The summed E-state index contributed by atoms with van der Waals surface area (Å²) in [6.07, 6.45) is -2.31. The van der Waals surface area contributed by atoms with Crippen LogP contribution in [0, 0.1) is 10.1 Å². The molecule has 1 heterocycles. The van der Waals surface area contributed by atoms with E-state index in [9.17, 15) is 25.1 Å². The van der Waals surface area contributed by atoms with Crippen molar-refractivity contribution in [2.75, 3.05) is 46.6 Å². The maximum Gasteiger partial charge on any atom is 0.410 e. The highest BCUT2D eigenvalue weighted by atomic mass is 16.6. The summed E-state index contributed by atoms with van der Waals surface area (Å²) in [4.78, 5) is 25.7. The first-order valence-corrected chi connectivity index (χ1v) is 17.6. The Balaban J connectivity index is 1.34. The van der Waals surface area contributed by atoms with Crippen LogP contribution in [-0.2, 0) is 20.8 Å². The molecule has 2 N–H and O–H groups in total. The second-order valence-electron chi connectivity index (χ2n) is 13.8. The number of nitrogens with zero attached hydrogens (tertiary/aromatic N) is 2. The zero-order valence-corrected chi connectivity index (χ0v) is 30.5. The standard InChI is InChI=1S/C40H48N2O11/c1-40(2,3)53-39(45)41-22-36(51-25-27-20-29-10-5-6-11-32(29)35(21-27)48-4)38(37(23-41)52-26-30(44)24-43)28-14-16-31(17-15-28)49-18-9-19-50-34-13-8-7-12-33(34)42(46)47/h5-8,10-17,20-21,30,36-38,43-44H,9,18-19,22-26H2,1-4H3/t30-,36+,37-,38-/m1/s1. The molecule has 284 valence electrons. The first kappa shape index (κ1) is 39.3. The fraction of sp³-hybridized carbons (Fsp3) is 0.425. The molecule has 1 aliphatic heterocycles. The van der Waals surface area contributed by atoms with E-state index in [-0.39, 0.29) is 50.3 Å². The van der Waals surface area contributed by atoms with Crippen LogP contribution in [0.25, 0.3) is 10.8 Å². The smallest absolute Gasteiger partial charge is 0.410 e. The van der Waals surface area contributed by atoms with Gasteiger partial charge in [-0.1, -0.05) is 48.5 Å². The van der Waals surface area contributed by atoms with Gasteiger partial charge in [-0.05, 0) is 67.6 Å². The molecule has 0 spiro atoms. The summed E-state index contributed by atoms with van der Waals surface area (Å²) in [6, 6.07) is 25.7. The molecule has 1 fully saturated rings. The molecule has 0 saturated carbocycles. The van der Waals surface area contributed by atoms with Gasteiger partial charge in [-0.3, -0.25) is 10.1 Å². The molecule has 1 saturated heterocycles. The number of ether oxygens (including phenoxy) is 6. The van der Waals surface area contributed by atoms with Crippen LogP contribution in [0.15, 0.2) is 84.9 Å². The van der Waals surface area contributed by atoms with Crippen LogP contribution in [0.2, 0.25) is 0 Å². The second-order valence-corrected chi connectivity index (χ2v) is 13.8. The van der Waals surface area contributed by atoms with E-state index in [1.807, 2.05) is 60.7 Å². The van der Waals surface area contributed by atoms with E-state index in [0.29, 0.717) is 18.8 Å². The van der Waals surface area contributed by atoms with Crippen molar-refractivity contribution in [3.05, 3.63) is 106 Å². The Bertz CT molecular complexity index is 1810. The van der Waals surface area contributed by atoms with E-state index in [1.54, 1.807) is 51.0 Å². The van der Waals surface area contributed by atoms with Crippen molar-refractivity contribution in [3.8, 4) is 17.2 Å². The number of nitro groups is 1. The van der Waals surface area contributed by atoms with E-state index in [2.05, 4.69) is 0 Å².